The summed E-state index contributed by atoms with van der Waals surface area (Å²) in [5.74, 6) is 0.700. The fourth-order valence-corrected chi connectivity index (χ4v) is 1.88. The molecule has 0 saturated heterocycles. The predicted octanol–water partition coefficient (Wildman–Crippen LogP) is -0.620. The lowest BCUT2D eigenvalue weighted by Gasteiger charge is -2.08. The van der Waals surface area contributed by atoms with Gasteiger partial charge in [0.15, 0.2) is 0 Å². The van der Waals surface area contributed by atoms with Crippen LogP contribution in [0.15, 0.2) is 18.2 Å². The Morgan fingerprint density at radius 1 is 1.35 bits per heavy atom. The van der Waals surface area contributed by atoms with E-state index in [4.69, 9.17) is 4.74 Å². The molecule has 3 N–H and O–H groups in total. The molecular weight excluding hydrogens is 258 g/mol. The quantitative estimate of drug-likeness (QED) is 0.360. The number of hydrogen-bond acceptors (Lipinski definition) is 3. The van der Waals surface area contributed by atoms with Gasteiger partial charge in [0.2, 0.25) is 0 Å². The summed E-state index contributed by atoms with van der Waals surface area (Å²) < 4.78 is 5.60. The number of hydrogen-bond donors (Lipinski definition) is 2. The molecule has 0 heterocycles. The smallest absolute Gasteiger partial charge is 0.272 e. The van der Waals surface area contributed by atoms with Crippen LogP contribution in [-0.4, -0.2) is 45.3 Å². The van der Waals surface area contributed by atoms with Crippen molar-refractivity contribution >= 4 is 5.69 Å². The van der Waals surface area contributed by atoms with E-state index < -0.39 is 0 Å². The van der Waals surface area contributed by atoms with Gasteiger partial charge in [-0.15, -0.1) is 0 Å². The molecule has 0 aliphatic heterocycles. The largest absolute Gasteiger partial charge is 0.493 e. The third-order valence-corrected chi connectivity index (χ3v) is 3.03. The van der Waals surface area contributed by atoms with E-state index in [1.54, 1.807) is 19.1 Å². The van der Waals surface area contributed by atoms with Gasteiger partial charge in [0.05, 0.1) is 32.2 Å². The number of rotatable bonds is 9. The third-order valence-electron chi connectivity index (χ3n) is 3.03. The molecule has 0 fully saturated rings. The van der Waals surface area contributed by atoms with Crippen molar-refractivity contribution in [1.29, 1.82) is 0 Å². The minimum atomic E-state index is -0.374. The molecule has 6 nitrogen and oxygen atoms in total. The summed E-state index contributed by atoms with van der Waals surface area (Å²) in [5.41, 5.74) is 0.768. The summed E-state index contributed by atoms with van der Waals surface area (Å²) in [6, 6.07) is 4.87. The number of nitrogens with zero attached hydrogens (tertiary/aromatic N) is 1. The number of likely N-dealkylation sites (N-methyl/N-ethyl adjacent to an activating group) is 1. The number of nitrogens with two attached hydrogens (primary N) is 1. The predicted molar refractivity (Wildman–Crippen MR) is 77.3 cm³/mol. The van der Waals surface area contributed by atoms with E-state index in [0.29, 0.717) is 17.9 Å². The third kappa shape index (κ3) is 5.99. The molecule has 0 amide bonds. The van der Waals surface area contributed by atoms with Crippen molar-refractivity contribution in [1.82, 2.24) is 0 Å². The van der Waals surface area contributed by atoms with E-state index in [1.807, 2.05) is 0 Å². The van der Waals surface area contributed by atoms with Crippen LogP contribution in [0.5, 0.6) is 5.75 Å². The zero-order chi connectivity index (χ0) is 15.0. The summed E-state index contributed by atoms with van der Waals surface area (Å²) >= 11 is 0. The normalized spacial score (nSPS) is 10.8. The number of nitro benzene ring substituents is 1. The fourth-order valence-electron chi connectivity index (χ4n) is 1.88. The standard InChI is InChI=1S/C14H23N3O3/c1-12-11-13(5-6-14(12)17(18)19)20-10-4-7-15-8-9-16(2)3/h5-6,11,15H,4,7-10H2,1-3H3/p+2. The molecule has 1 aromatic carbocycles. The van der Waals surface area contributed by atoms with Crippen molar-refractivity contribution in [3.63, 3.8) is 0 Å². The molecule has 0 aromatic heterocycles. The zero-order valence-electron chi connectivity index (χ0n) is 12.5. The molecule has 0 aliphatic carbocycles. The van der Waals surface area contributed by atoms with Crippen LogP contribution in [0.25, 0.3) is 0 Å². The Labute approximate surface area is 119 Å². The maximum atomic E-state index is 10.7. The van der Waals surface area contributed by atoms with Crippen LogP contribution >= 0.6 is 0 Å². The van der Waals surface area contributed by atoms with Crippen LogP contribution in [0.1, 0.15) is 12.0 Å². The van der Waals surface area contributed by atoms with Crippen molar-refractivity contribution in [2.24, 2.45) is 0 Å². The highest BCUT2D eigenvalue weighted by molar-refractivity contribution is 5.44. The number of benzene rings is 1. The highest BCUT2D eigenvalue weighted by Gasteiger charge is 2.10. The molecule has 0 radical (unpaired) electrons. The number of aryl methyl sites for hydroxylation is 1. The second kappa shape index (κ2) is 8.50. The Morgan fingerprint density at radius 3 is 2.70 bits per heavy atom. The van der Waals surface area contributed by atoms with Crippen molar-refractivity contribution in [2.75, 3.05) is 40.3 Å². The number of nitro groups is 1. The molecule has 0 unspecified atom stereocenters. The first-order valence-electron chi connectivity index (χ1n) is 6.99. The molecular formula is C14H25N3O3+2. The lowest BCUT2D eigenvalue weighted by molar-refractivity contribution is -0.874. The van der Waals surface area contributed by atoms with Crippen LogP contribution in [0, 0.1) is 17.0 Å². The number of ether oxygens (including phenoxy) is 1. The first-order valence-corrected chi connectivity index (χ1v) is 6.99. The molecule has 20 heavy (non-hydrogen) atoms. The van der Waals surface area contributed by atoms with Crippen LogP contribution in [0.3, 0.4) is 0 Å². The van der Waals surface area contributed by atoms with Gasteiger partial charge >= 0.3 is 0 Å². The summed E-state index contributed by atoms with van der Waals surface area (Å²) in [6.07, 6.45) is 0.971. The van der Waals surface area contributed by atoms with E-state index in [1.165, 1.54) is 11.0 Å². The van der Waals surface area contributed by atoms with Gasteiger partial charge < -0.3 is 15.0 Å². The second-order valence-electron chi connectivity index (χ2n) is 5.23. The lowest BCUT2D eigenvalue weighted by atomic mass is 10.2. The number of quaternary nitrogens is 2. The van der Waals surface area contributed by atoms with E-state index in [-0.39, 0.29) is 10.6 Å². The minimum Gasteiger partial charge on any atom is -0.493 e. The Morgan fingerprint density at radius 2 is 2.10 bits per heavy atom. The van der Waals surface area contributed by atoms with E-state index in [9.17, 15) is 10.1 Å². The molecule has 0 aliphatic rings. The van der Waals surface area contributed by atoms with Gasteiger partial charge in [0, 0.05) is 18.1 Å². The fraction of sp³-hybridized carbons (Fsp3) is 0.571. The molecule has 6 heteroatoms. The molecule has 112 valence electrons. The van der Waals surface area contributed by atoms with Gasteiger partial charge in [0.25, 0.3) is 5.69 Å². The van der Waals surface area contributed by atoms with E-state index >= 15 is 0 Å². The second-order valence-corrected chi connectivity index (χ2v) is 5.23. The van der Waals surface area contributed by atoms with E-state index in [0.717, 1.165) is 26.1 Å². The van der Waals surface area contributed by atoms with Crippen LogP contribution in [0.2, 0.25) is 0 Å². The lowest BCUT2D eigenvalue weighted by Crippen LogP contribution is -3.09. The highest BCUT2D eigenvalue weighted by Crippen LogP contribution is 2.22. The first kappa shape index (κ1) is 16.4. The van der Waals surface area contributed by atoms with Crippen LogP contribution in [-0.2, 0) is 0 Å². The molecule has 0 bridgehead atoms. The summed E-state index contributed by atoms with van der Waals surface area (Å²) in [7, 11) is 4.29. The summed E-state index contributed by atoms with van der Waals surface area (Å²) in [4.78, 5) is 11.8. The molecule has 0 saturated carbocycles. The first-order chi connectivity index (χ1) is 9.50. The molecule has 1 rings (SSSR count). The topological polar surface area (TPSA) is 73.4 Å². The molecule has 0 atom stereocenters. The van der Waals surface area contributed by atoms with Crippen LogP contribution in [0.4, 0.5) is 5.69 Å². The van der Waals surface area contributed by atoms with Gasteiger partial charge in [-0.1, -0.05) is 0 Å². The van der Waals surface area contributed by atoms with E-state index in [2.05, 4.69) is 19.4 Å². The summed E-state index contributed by atoms with van der Waals surface area (Å²) in [5, 5.41) is 13.0. The monoisotopic (exact) mass is 283 g/mol. The highest BCUT2D eigenvalue weighted by atomic mass is 16.6. The van der Waals surface area contributed by atoms with Crippen molar-refractivity contribution in [3.8, 4) is 5.75 Å². The Balaban J connectivity index is 2.22. The zero-order valence-corrected chi connectivity index (χ0v) is 12.5. The van der Waals surface area contributed by atoms with Gasteiger partial charge in [-0.2, -0.15) is 0 Å². The maximum absolute atomic E-state index is 10.7. The average Bonchev–Trinajstić information content (AvgIpc) is 2.37. The van der Waals surface area contributed by atoms with Gasteiger partial charge in [0.1, 0.15) is 18.8 Å². The maximum Gasteiger partial charge on any atom is 0.272 e. The Kier molecular flexibility index (Phi) is 6.97. The summed E-state index contributed by atoms with van der Waals surface area (Å²) in [6.45, 7) is 5.69. The Hall–Kier alpha value is -1.66. The molecule has 1 aromatic rings. The SMILES string of the molecule is Cc1cc(OCCC[NH2+]CC[NH+](C)C)ccc1[N+](=O)[O-]. The minimum absolute atomic E-state index is 0.136. The van der Waals surface area contributed by atoms with Crippen molar-refractivity contribution in [2.45, 2.75) is 13.3 Å². The number of nitrogens with one attached hydrogen (secondary N) is 1. The van der Waals surface area contributed by atoms with Gasteiger partial charge in [-0.25, -0.2) is 0 Å². The van der Waals surface area contributed by atoms with Gasteiger partial charge in [-0.05, 0) is 19.1 Å². The van der Waals surface area contributed by atoms with Gasteiger partial charge in [-0.3, -0.25) is 10.1 Å². The Bertz CT molecular complexity index is 436. The van der Waals surface area contributed by atoms with Crippen molar-refractivity contribution in [3.05, 3.63) is 33.9 Å². The van der Waals surface area contributed by atoms with Crippen LogP contribution < -0.4 is 15.0 Å². The van der Waals surface area contributed by atoms with Crippen molar-refractivity contribution < 1.29 is 19.9 Å². The molecule has 0 spiro atoms. The average molecular weight is 283 g/mol.